The Hall–Kier alpha value is -1.18. The van der Waals surface area contributed by atoms with E-state index in [1.54, 1.807) is 12.3 Å². The van der Waals surface area contributed by atoms with Gasteiger partial charge in [-0.15, -0.1) is 0 Å². The first-order valence-corrected chi connectivity index (χ1v) is 8.42. The molecule has 0 aromatic carbocycles. The molecule has 0 aliphatic heterocycles. The smallest absolute Gasteiger partial charge is 0.242 e. The van der Waals surface area contributed by atoms with Crippen LogP contribution < -0.4 is 10.0 Å². The van der Waals surface area contributed by atoms with Gasteiger partial charge in [0.05, 0.1) is 11.9 Å². The van der Waals surface area contributed by atoms with Crippen LogP contribution >= 0.6 is 0 Å². The van der Waals surface area contributed by atoms with Crippen molar-refractivity contribution in [3.05, 3.63) is 18.5 Å². The average Bonchev–Trinajstić information content (AvgIpc) is 2.44. The van der Waals surface area contributed by atoms with E-state index in [4.69, 9.17) is 0 Å². The van der Waals surface area contributed by atoms with Crippen LogP contribution in [0.4, 0.5) is 5.69 Å². The molecule has 114 valence electrons. The summed E-state index contributed by atoms with van der Waals surface area (Å²) in [6, 6.07) is 1.59. The molecular formula is C13H24N4O2S. The maximum atomic E-state index is 12.1. The summed E-state index contributed by atoms with van der Waals surface area (Å²) in [5.41, 5.74) is 0.708. The number of anilines is 1. The maximum absolute atomic E-state index is 12.1. The van der Waals surface area contributed by atoms with Crippen LogP contribution in [0, 0.1) is 0 Å². The van der Waals surface area contributed by atoms with Crippen molar-refractivity contribution in [1.29, 1.82) is 0 Å². The highest BCUT2D eigenvalue weighted by Crippen LogP contribution is 2.12. The lowest BCUT2D eigenvalue weighted by molar-refractivity contribution is 0.309. The van der Waals surface area contributed by atoms with Gasteiger partial charge in [-0.2, -0.15) is 0 Å². The van der Waals surface area contributed by atoms with E-state index in [2.05, 4.69) is 33.8 Å². The van der Waals surface area contributed by atoms with Crippen LogP contribution in [0.15, 0.2) is 23.4 Å². The van der Waals surface area contributed by atoms with E-state index in [1.165, 1.54) is 6.20 Å². The number of pyridine rings is 1. The summed E-state index contributed by atoms with van der Waals surface area (Å²) in [5.74, 6) is 0. The molecule has 0 atom stereocenters. The van der Waals surface area contributed by atoms with Crippen molar-refractivity contribution in [1.82, 2.24) is 14.6 Å². The zero-order valence-corrected chi connectivity index (χ0v) is 13.2. The number of likely N-dealkylation sites (N-methyl/N-ethyl adjacent to an activating group) is 1. The van der Waals surface area contributed by atoms with Crippen molar-refractivity contribution in [3.8, 4) is 0 Å². The molecule has 20 heavy (non-hydrogen) atoms. The van der Waals surface area contributed by atoms with Gasteiger partial charge in [0.25, 0.3) is 0 Å². The minimum absolute atomic E-state index is 0.190. The molecule has 0 bridgehead atoms. The van der Waals surface area contributed by atoms with Crippen molar-refractivity contribution in [2.45, 2.75) is 25.7 Å². The van der Waals surface area contributed by atoms with E-state index in [1.807, 2.05) is 6.92 Å². The van der Waals surface area contributed by atoms with Crippen molar-refractivity contribution in [2.24, 2.45) is 0 Å². The third-order valence-corrected chi connectivity index (χ3v) is 4.45. The highest BCUT2D eigenvalue weighted by atomic mass is 32.2. The Balaban J connectivity index is 2.66. The minimum atomic E-state index is -3.49. The fraction of sp³-hybridized carbons (Fsp3) is 0.615. The molecule has 0 aliphatic carbocycles. The molecule has 0 unspecified atom stereocenters. The molecule has 0 fully saturated rings. The lowest BCUT2D eigenvalue weighted by Gasteiger charge is -2.18. The molecule has 2 N–H and O–H groups in total. The number of nitrogens with zero attached hydrogens (tertiary/aromatic N) is 2. The first-order chi connectivity index (χ1) is 9.53. The fourth-order valence-electron chi connectivity index (χ4n) is 1.83. The Labute approximate surface area is 121 Å². The summed E-state index contributed by atoms with van der Waals surface area (Å²) in [4.78, 5) is 6.31. The van der Waals surface area contributed by atoms with E-state index in [0.29, 0.717) is 18.8 Å². The molecule has 0 aliphatic rings. The predicted octanol–water partition coefficient (Wildman–Crippen LogP) is 1.13. The summed E-state index contributed by atoms with van der Waals surface area (Å²) in [7, 11) is -3.49. The minimum Gasteiger partial charge on any atom is -0.384 e. The summed E-state index contributed by atoms with van der Waals surface area (Å²) in [5, 5.41) is 3.05. The number of nitrogens with one attached hydrogen (secondary N) is 2. The Bertz CT molecular complexity index is 501. The summed E-state index contributed by atoms with van der Waals surface area (Å²) in [6.07, 6.45) is 2.97. The van der Waals surface area contributed by atoms with E-state index in [-0.39, 0.29) is 4.90 Å². The Kier molecular flexibility index (Phi) is 6.90. The van der Waals surface area contributed by atoms with Crippen LogP contribution in [0.3, 0.4) is 0 Å². The monoisotopic (exact) mass is 300 g/mol. The predicted molar refractivity (Wildman–Crippen MR) is 81.4 cm³/mol. The molecule has 1 heterocycles. The van der Waals surface area contributed by atoms with E-state index in [9.17, 15) is 8.42 Å². The summed E-state index contributed by atoms with van der Waals surface area (Å²) in [6.45, 7) is 9.71. The summed E-state index contributed by atoms with van der Waals surface area (Å²) < 4.78 is 26.9. The molecule has 0 radical (unpaired) electrons. The van der Waals surface area contributed by atoms with E-state index >= 15 is 0 Å². The van der Waals surface area contributed by atoms with Gasteiger partial charge in [0.1, 0.15) is 4.90 Å². The van der Waals surface area contributed by atoms with Crippen LogP contribution in [0.1, 0.15) is 20.8 Å². The summed E-state index contributed by atoms with van der Waals surface area (Å²) >= 11 is 0. The largest absolute Gasteiger partial charge is 0.384 e. The number of sulfonamides is 1. The van der Waals surface area contributed by atoms with Gasteiger partial charge in [0.2, 0.25) is 10.0 Å². The normalized spacial score (nSPS) is 11.8. The van der Waals surface area contributed by atoms with Crippen LogP contribution in [0.2, 0.25) is 0 Å². The van der Waals surface area contributed by atoms with Gasteiger partial charge in [0, 0.05) is 25.8 Å². The molecule has 6 nitrogen and oxygen atoms in total. The van der Waals surface area contributed by atoms with Crippen molar-refractivity contribution in [3.63, 3.8) is 0 Å². The molecule has 0 saturated heterocycles. The van der Waals surface area contributed by atoms with Gasteiger partial charge >= 0.3 is 0 Å². The second-order valence-corrected chi connectivity index (χ2v) is 6.13. The first kappa shape index (κ1) is 16.9. The Morgan fingerprint density at radius 1 is 1.20 bits per heavy atom. The molecular weight excluding hydrogens is 276 g/mol. The topological polar surface area (TPSA) is 74.3 Å². The third-order valence-electron chi connectivity index (χ3n) is 3.02. The second kappa shape index (κ2) is 8.18. The zero-order valence-electron chi connectivity index (χ0n) is 12.4. The van der Waals surface area contributed by atoms with Crippen LogP contribution in [0.25, 0.3) is 0 Å². The van der Waals surface area contributed by atoms with Crippen molar-refractivity contribution in [2.75, 3.05) is 38.0 Å². The van der Waals surface area contributed by atoms with Gasteiger partial charge in [0.15, 0.2) is 0 Å². The van der Waals surface area contributed by atoms with Crippen LogP contribution in [-0.4, -0.2) is 51.0 Å². The second-order valence-electron chi connectivity index (χ2n) is 4.36. The number of hydrogen-bond acceptors (Lipinski definition) is 5. The van der Waals surface area contributed by atoms with E-state index < -0.39 is 10.0 Å². The quantitative estimate of drug-likeness (QED) is 0.715. The number of rotatable bonds is 9. The Morgan fingerprint density at radius 2 is 1.90 bits per heavy atom. The molecule has 0 saturated carbocycles. The molecule has 0 spiro atoms. The van der Waals surface area contributed by atoms with Gasteiger partial charge in [-0.1, -0.05) is 13.8 Å². The first-order valence-electron chi connectivity index (χ1n) is 6.94. The van der Waals surface area contributed by atoms with Gasteiger partial charge < -0.3 is 10.2 Å². The number of hydrogen-bond donors (Lipinski definition) is 2. The standard InChI is InChI=1S/C13H24N4O2S/c1-4-15-12-9-13(11-14-10-12)20(18,19)16-7-8-17(5-2)6-3/h9-11,15-16H,4-8H2,1-3H3. The highest BCUT2D eigenvalue weighted by molar-refractivity contribution is 7.89. The number of aromatic nitrogens is 1. The zero-order chi connectivity index (χ0) is 15.0. The molecule has 1 aromatic heterocycles. The van der Waals surface area contributed by atoms with Gasteiger partial charge in [-0.25, -0.2) is 13.1 Å². The SMILES string of the molecule is CCNc1cncc(S(=O)(=O)NCCN(CC)CC)c1. The Morgan fingerprint density at radius 3 is 2.50 bits per heavy atom. The van der Waals surface area contributed by atoms with E-state index in [0.717, 1.165) is 19.6 Å². The van der Waals surface area contributed by atoms with Crippen LogP contribution in [-0.2, 0) is 10.0 Å². The van der Waals surface area contributed by atoms with Gasteiger partial charge in [-0.3, -0.25) is 4.98 Å². The molecule has 7 heteroatoms. The van der Waals surface area contributed by atoms with Gasteiger partial charge in [-0.05, 0) is 26.1 Å². The highest BCUT2D eigenvalue weighted by Gasteiger charge is 2.14. The molecule has 0 amide bonds. The van der Waals surface area contributed by atoms with Crippen LogP contribution in [0.5, 0.6) is 0 Å². The average molecular weight is 300 g/mol. The van der Waals surface area contributed by atoms with Crippen molar-refractivity contribution >= 4 is 15.7 Å². The van der Waals surface area contributed by atoms with Crippen molar-refractivity contribution < 1.29 is 8.42 Å². The maximum Gasteiger partial charge on any atom is 0.242 e. The third kappa shape index (κ3) is 5.07. The lowest BCUT2D eigenvalue weighted by atomic mass is 10.4. The lowest BCUT2D eigenvalue weighted by Crippen LogP contribution is -2.34. The molecule has 1 aromatic rings. The molecule has 1 rings (SSSR count). The fourth-order valence-corrected chi connectivity index (χ4v) is 2.84.